The molecule has 0 aliphatic carbocycles. The maximum absolute atomic E-state index is 5.45. The van der Waals surface area contributed by atoms with Crippen LogP contribution in [0.15, 0.2) is 170 Å². The Bertz CT molecular complexity index is 3220. The lowest BCUT2D eigenvalue weighted by Crippen LogP contribution is -2.01. The van der Waals surface area contributed by atoms with E-state index in [1.807, 2.05) is 12.1 Å². The number of benzene rings is 8. The Kier molecular flexibility index (Phi) is 7.18. The summed E-state index contributed by atoms with van der Waals surface area (Å²) < 4.78 is 3.52. The SMILES string of the molecule is c1ccc(-c2cccc(-c3nc(-c4cc5ccccc5c5ccccc45)nc(-c4c5nc(-c6ccccc6)sc5cc5sc6ccccc6c45)n3)c2)cc1. The number of aromatic nitrogens is 4. The number of hydrogen-bond acceptors (Lipinski definition) is 6. The molecule has 0 amide bonds. The number of fused-ring (bicyclic) bond motifs is 7. The van der Waals surface area contributed by atoms with E-state index in [2.05, 4.69) is 158 Å². The van der Waals surface area contributed by atoms with Crippen molar-refractivity contribution in [2.45, 2.75) is 0 Å². The Labute approximate surface area is 318 Å². The first-order chi connectivity index (χ1) is 26.7. The summed E-state index contributed by atoms with van der Waals surface area (Å²) in [7, 11) is 0. The van der Waals surface area contributed by atoms with Gasteiger partial charge in [0.05, 0.1) is 15.8 Å². The Morgan fingerprint density at radius 3 is 1.81 bits per heavy atom. The van der Waals surface area contributed by atoms with Crippen LogP contribution < -0.4 is 0 Å². The van der Waals surface area contributed by atoms with Crippen LogP contribution in [0, 0.1) is 0 Å². The molecule has 252 valence electrons. The van der Waals surface area contributed by atoms with Gasteiger partial charge >= 0.3 is 0 Å². The van der Waals surface area contributed by atoms with Crippen LogP contribution >= 0.6 is 22.7 Å². The number of hydrogen-bond donors (Lipinski definition) is 0. The van der Waals surface area contributed by atoms with Crippen molar-refractivity contribution < 1.29 is 0 Å². The lowest BCUT2D eigenvalue weighted by molar-refractivity contribution is 1.08. The quantitative estimate of drug-likeness (QED) is 0.166. The van der Waals surface area contributed by atoms with Crippen LogP contribution in [0.25, 0.3) is 108 Å². The molecule has 0 saturated carbocycles. The Balaban J connectivity index is 1.25. The molecule has 0 fully saturated rings. The molecular weight excluding hydrogens is 697 g/mol. The van der Waals surface area contributed by atoms with E-state index in [9.17, 15) is 0 Å². The molecule has 0 aliphatic heterocycles. The van der Waals surface area contributed by atoms with Crippen molar-refractivity contribution in [1.82, 2.24) is 19.9 Å². The number of thiazole rings is 1. The third kappa shape index (κ3) is 5.11. The van der Waals surface area contributed by atoms with Crippen LogP contribution in [-0.4, -0.2) is 19.9 Å². The molecule has 0 aliphatic rings. The molecule has 11 aromatic rings. The zero-order valence-electron chi connectivity index (χ0n) is 28.8. The van der Waals surface area contributed by atoms with Gasteiger partial charge in [0.25, 0.3) is 0 Å². The molecule has 0 unspecified atom stereocenters. The minimum atomic E-state index is 0.612. The van der Waals surface area contributed by atoms with Crippen molar-refractivity contribution in [3.8, 4) is 55.9 Å². The minimum absolute atomic E-state index is 0.612. The van der Waals surface area contributed by atoms with Gasteiger partial charge in [-0.2, -0.15) is 0 Å². The average molecular weight is 725 g/mol. The highest BCUT2D eigenvalue weighted by atomic mass is 32.1. The highest BCUT2D eigenvalue weighted by Crippen LogP contribution is 2.46. The molecule has 0 atom stereocenters. The summed E-state index contributed by atoms with van der Waals surface area (Å²) in [6.07, 6.45) is 0. The summed E-state index contributed by atoms with van der Waals surface area (Å²) >= 11 is 3.51. The zero-order chi connectivity index (χ0) is 35.6. The van der Waals surface area contributed by atoms with Crippen LogP contribution in [0.4, 0.5) is 0 Å². The normalized spacial score (nSPS) is 11.7. The van der Waals surface area contributed by atoms with Crippen molar-refractivity contribution in [3.63, 3.8) is 0 Å². The molecule has 0 N–H and O–H groups in total. The van der Waals surface area contributed by atoms with Crippen LogP contribution in [0.5, 0.6) is 0 Å². The van der Waals surface area contributed by atoms with Crippen molar-refractivity contribution in [2.75, 3.05) is 0 Å². The van der Waals surface area contributed by atoms with E-state index in [1.165, 1.54) is 25.6 Å². The lowest BCUT2D eigenvalue weighted by Gasteiger charge is -2.13. The third-order valence-electron chi connectivity index (χ3n) is 10.1. The van der Waals surface area contributed by atoms with E-state index in [1.54, 1.807) is 22.7 Å². The second-order valence-electron chi connectivity index (χ2n) is 13.4. The predicted molar refractivity (Wildman–Crippen MR) is 228 cm³/mol. The molecule has 0 spiro atoms. The topological polar surface area (TPSA) is 51.6 Å². The van der Waals surface area contributed by atoms with E-state index in [0.29, 0.717) is 17.5 Å². The fourth-order valence-corrected chi connectivity index (χ4v) is 9.89. The molecule has 0 saturated heterocycles. The zero-order valence-corrected chi connectivity index (χ0v) is 30.4. The smallest absolute Gasteiger partial charge is 0.167 e. The van der Waals surface area contributed by atoms with Crippen LogP contribution in [0.3, 0.4) is 0 Å². The Morgan fingerprint density at radius 1 is 0.352 bits per heavy atom. The number of nitrogens with zero attached hydrogens (tertiary/aromatic N) is 4. The first-order valence-electron chi connectivity index (χ1n) is 17.9. The molecule has 8 aromatic carbocycles. The van der Waals surface area contributed by atoms with E-state index in [-0.39, 0.29) is 0 Å². The minimum Gasteiger partial charge on any atom is -0.235 e. The second kappa shape index (κ2) is 12.5. The first kappa shape index (κ1) is 31.0. The molecule has 4 nitrogen and oxygen atoms in total. The van der Waals surface area contributed by atoms with E-state index >= 15 is 0 Å². The van der Waals surface area contributed by atoms with Crippen LogP contribution in [-0.2, 0) is 0 Å². The predicted octanol–water partition coefficient (Wildman–Crippen LogP) is 13.5. The van der Waals surface area contributed by atoms with Crippen LogP contribution in [0.2, 0.25) is 0 Å². The third-order valence-corrected chi connectivity index (χ3v) is 12.3. The molecule has 6 heteroatoms. The highest BCUT2D eigenvalue weighted by Gasteiger charge is 2.23. The summed E-state index contributed by atoms with van der Waals surface area (Å²) in [5.41, 5.74) is 7.07. The van der Waals surface area contributed by atoms with Crippen molar-refractivity contribution in [2.24, 2.45) is 0 Å². The Morgan fingerprint density at radius 2 is 0.981 bits per heavy atom. The summed E-state index contributed by atoms with van der Waals surface area (Å²) in [4.78, 5) is 21.5. The van der Waals surface area contributed by atoms with Gasteiger partial charge < -0.3 is 0 Å². The standard InChI is InChI=1S/C48H28N4S2/c1-3-14-29(15-4-1)31-19-13-20-33(26-31)45-50-46(38-27-32-18-7-8-21-34(32)35-22-9-10-23-36(35)38)52-47(51-45)43-42-37-24-11-12-25-39(37)53-40(42)28-41-44(43)49-48(54-41)30-16-5-2-6-17-30/h1-28H. The van der Waals surface area contributed by atoms with E-state index < -0.39 is 0 Å². The first-order valence-corrected chi connectivity index (χ1v) is 19.5. The van der Waals surface area contributed by atoms with Gasteiger partial charge in [-0.3, -0.25) is 0 Å². The van der Waals surface area contributed by atoms with Crippen molar-refractivity contribution in [3.05, 3.63) is 170 Å². The molecule has 0 bridgehead atoms. The highest BCUT2D eigenvalue weighted by molar-refractivity contribution is 7.27. The van der Waals surface area contributed by atoms with Gasteiger partial charge in [0, 0.05) is 36.9 Å². The maximum Gasteiger partial charge on any atom is 0.167 e. The van der Waals surface area contributed by atoms with Gasteiger partial charge in [-0.1, -0.05) is 146 Å². The van der Waals surface area contributed by atoms with Crippen molar-refractivity contribution in [1.29, 1.82) is 0 Å². The van der Waals surface area contributed by atoms with E-state index in [4.69, 9.17) is 19.9 Å². The summed E-state index contributed by atoms with van der Waals surface area (Å²) in [5, 5.41) is 7.88. The lowest BCUT2D eigenvalue weighted by atomic mass is 9.96. The molecule has 0 radical (unpaired) electrons. The van der Waals surface area contributed by atoms with Gasteiger partial charge in [0.1, 0.15) is 5.01 Å². The van der Waals surface area contributed by atoms with Gasteiger partial charge in [-0.25, -0.2) is 19.9 Å². The van der Waals surface area contributed by atoms with Crippen LogP contribution in [0.1, 0.15) is 0 Å². The largest absolute Gasteiger partial charge is 0.235 e. The Hall–Kier alpha value is -6.60. The van der Waals surface area contributed by atoms with Gasteiger partial charge in [0.15, 0.2) is 17.5 Å². The summed E-state index contributed by atoms with van der Waals surface area (Å²) in [6, 6.07) is 59.6. The summed E-state index contributed by atoms with van der Waals surface area (Å²) in [5.74, 6) is 1.86. The second-order valence-corrected chi connectivity index (χ2v) is 15.5. The number of rotatable bonds is 5. The van der Waals surface area contributed by atoms with E-state index in [0.717, 1.165) is 64.8 Å². The fourth-order valence-electron chi connectivity index (χ4n) is 7.64. The molecule has 54 heavy (non-hydrogen) atoms. The molecule has 3 heterocycles. The molecule has 11 rings (SSSR count). The monoisotopic (exact) mass is 724 g/mol. The average Bonchev–Trinajstić information content (AvgIpc) is 3.84. The maximum atomic E-state index is 5.45. The molecular formula is C48H28N4S2. The fraction of sp³-hybridized carbons (Fsp3) is 0. The number of thiophene rings is 1. The van der Waals surface area contributed by atoms with Gasteiger partial charge in [-0.15, -0.1) is 22.7 Å². The van der Waals surface area contributed by atoms with Crippen molar-refractivity contribution >= 4 is 74.6 Å². The molecule has 3 aromatic heterocycles. The van der Waals surface area contributed by atoms with Gasteiger partial charge in [0.2, 0.25) is 0 Å². The summed E-state index contributed by atoms with van der Waals surface area (Å²) in [6.45, 7) is 0. The van der Waals surface area contributed by atoms with Gasteiger partial charge in [-0.05, 0) is 56.9 Å².